The quantitative estimate of drug-likeness (QED) is 0.298. The maximum absolute atomic E-state index is 11.3. The van der Waals surface area contributed by atoms with E-state index < -0.39 is 24.2 Å². The van der Waals surface area contributed by atoms with Gasteiger partial charge in [0.05, 0.1) is 22.8 Å². The highest BCUT2D eigenvalue weighted by molar-refractivity contribution is 6.33. The van der Waals surface area contributed by atoms with Crippen molar-refractivity contribution in [3.05, 3.63) is 65.7 Å². The van der Waals surface area contributed by atoms with Gasteiger partial charge in [-0.05, 0) is 36.8 Å². The van der Waals surface area contributed by atoms with Gasteiger partial charge in [0.2, 0.25) is 5.91 Å². The van der Waals surface area contributed by atoms with E-state index in [4.69, 9.17) is 26.8 Å². The molecule has 5 rings (SSSR count). The largest absolute Gasteiger partial charge is 0.456 e. The number of halogens is 1. The molecule has 0 spiro atoms. The third-order valence-corrected chi connectivity index (χ3v) is 6.97. The van der Waals surface area contributed by atoms with E-state index in [1.165, 1.54) is 19.6 Å². The van der Waals surface area contributed by atoms with Crippen LogP contribution in [0.3, 0.4) is 0 Å². The Labute approximate surface area is 232 Å². The van der Waals surface area contributed by atoms with Gasteiger partial charge < -0.3 is 30.2 Å². The molecule has 0 saturated carbocycles. The number of aliphatic hydroxyl groups is 1. The molecule has 0 unspecified atom stereocenters. The summed E-state index contributed by atoms with van der Waals surface area (Å²) in [5.74, 6) is -0.746. The van der Waals surface area contributed by atoms with Crippen LogP contribution >= 0.6 is 11.6 Å². The fourth-order valence-corrected chi connectivity index (χ4v) is 4.62. The lowest BCUT2D eigenvalue weighted by atomic mass is 10.0. The number of fused-ring (bicyclic) bond motifs is 1. The molecule has 1 saturated heterocycles. The number of benzene rings is 2. The smallest absolute Gasteiger partial charge is 0.296 e. The number of rotatable bonds is 8. The van der Waals surface area contributed by atoms with Gasteiger partial charge in [-0.1, -0.05) is 87.0 Å². The predicted molar refractivity (Wildman–Crippen MR) is 153 cm³/mol. The topological polar surface area (TPSA) is 127 Å². The molecule has 1 fully saturated rings. The van der Waals surface area contributed by atoms with Crippen molar-refractivity contribution in [1.82, 2.24) is 19.9 Å². The minimum atomic E-state index is -1.18. The molecule has 39 heavy (non-hydrogen) atoms. The van der Waals surface area contributed by atoms with E-state index >= 15 is 0 Å². The van der Waals surface area contributed by atoms with Gasteiger partial charge in [-0.2, -0.15) is 4.98 Å². The van der Waals surface area contributed by atoms with Gasteiger partial charge in [-0.15, -0.1) is 0 Å². The van der Waals surface area contributed by atoms with E-state index in [0.717, 1.165) is 16.7 Å². The van der Waals surface area contributed by atoms with Crippen LogP contribution < -0.4 is 10.5 Å². The van der Waals surface area contributed by atoms with Gasteiger partial charge in [0.25, 0.3) is 6.01 Å². The third-order valence-electron chi connectivity index (χ3n) is 6.69. The van der Waals surface area contributed by atoms with Crippen molar-refractivity contribution in [2.45, 2.75) is 39.1 Å². The summed E-state index contributed by atoms with van der Waals surface area (Å²) >= 11 is 6.49. The number of carbonyl (C=O) groups is 1. The Bertz CT molecular complexity index is 1370. The number of aromatic nitrogens is 3. The fourth-order valence-electron chi connectivity index (χ4n) is 4.36. The summed E-state index contributed by atoms with van der Waals surface area (Å²) in [6.07, 6.45) is -3.08. The van der Waals surface area contributed by atoms with Crippen LogP contribution in [0.1, 0.15) is 20.8 Å². The Morgan fingerprint density at radius 2 is 1.67 bits per heavy atom. The molecule has 1 amide bonds. The molecule has 2 aromatic heterocycles. The SMILES string of the molecule is CCN(CC)CC.NC(=O)[C@H]1OC[C@@H](Oc2nc3nc(-c4ccc(-c5ccccc5)cc4)c(Cl)cc3[nH]2)[C@@H]1O. The Hall–Kier alpha value is -3.50. The number of nitrogens with two attached hydrogens (primary N) is 1. The van der Waals surface area contributed by atoms with Crippen molar-refractivity contribution in [3.63, 3.8) is 0 Å². The summed E-state index contributed by atoms with van der Waals surface area (Å²) in [4.78, 5) is 25.6. The van der Waals surface area contributed by atoms with E-state index in [1.54, 1.807) is 6.07 Å². The van der Waals surface area contributed by atoms with Crippen LogP contribution in [-0.2, 0) is 9.53 Å². The second-order valence-electron chi connectivity index (χ2n) is 9.10. The third kappa shape index (κ3) is 6.75. The van der Waals surface area contributed by atoms with Crippen molar-refractivity contribution in [2.75, 3.05) is 26.2 Å². The number of H-pyrrole nitrogens is 1. The molecule has 0 aliphatic carbocycles. The second kappa shape index (κ2) is 13.0. The first-order valence-electron chi connectivity index (χ1n) is 13.0. The standard InChI is InChI=1S/C23H19ClN4O4.C6H15N/c24-15-10-16-22(28-23(26-16)32-17-11-31-20(19(17)29)21(25)30)27-18(15)14-8-6-13(7-9-14)12-4-2-1-3-5-12;1-4-7(5-2)6-3/h1-10,17,19-20,29H,11H2,(H2,25,30)(H,26,27,28);4-6H2,1-3H3/t17-,19+,20+;/m1./s1. The highest BCUT2D eigenvalue weighted by Gasteiger charge is 2.41. The van der Waals surface area contributed by atoms with E-state index in [9.17, 15) is 9.90 Å². The summed E-state index contributed by atoms with van der Waals surface area (Å²) in [7, 11) is 0. The first-order valence-corrected chi connectivity index (χ1v) is 13.4. The minimum Gasteiger partial charge on any atom is -0.456 e. The number of nitrogens with zero attached hydrogens (tertiary/aromatic N) is 3. The van der Waals surface area contributed by atoms with E-state index in [1.807, 2.05) is 42.5 Å². The number of aromatic amines is 1. The molecule has 1 aliphatic rings. The summed E-state index contributed by atoms with van der Waals surface area (Å²) < 4.78 is 10.9. The molecule has 2 aromatic carbocycles. The Morgan fingerprint density at radius 1 is 1.05 bits per heavy atom. The number of carbonyl (C=O) groups excluding carboxylic acids is 1. The molecule has 3 atom stereocenters. The van der Waals surface area contributed by atoms with Crippen LogP contribution in [0.5, 0.6) is 6.01 Å². The van der Waals surface area contributed by atoms with Crippen LogP contribution in [-0.4, -0.2) is 75.4 Å². The van der Waals surface area contributed by atoms with E-state index in [-0.39, 0.29) is 12.6 Å². The molecule has 9 nitrogen and oxygen atoms in total. The number of nitrogens with one attached hydrogen (secondary N) is 1. The van der Waals surface area contributed by atoms with Crippen LogP contribution in [0.4, 0.5) is 0 Å². The summed E-state index contributed by atoms with van der Waals surface area (Å²) in [5.41, 5.74) is 9.86. The molecule has 3 heterocycles. The molecule has 10 heteroatoms. The lowest BCUT2D eigenvalue weighted by Gasteiger charge is -2.14. The number of ether oxygens (including phenoxy) is 2. The van der Waals surface area contributed by atoms with Gasteiger partial charge in [0.15, 0.2) is 17.9 Å². The lowest BCUT2D eigenvalue weighted by Crippen LogP contribution is -2.41. The molecule has 4 aromatic rings. The minimum absolute atomic E-state index is 0.0129. The number of pyridine rings is 1. The molecule has 1 aliphatic heterocycles. The maximum atomic E-state index is 11.3. The summed E-state index contributed by atoms with van der Waals surface area (Å²) in [6, 6.07) is 19.9. The average Bonchev–Trinajstić information content (AvgIpc) is 3.52. The number of primary amides is 1. The first-order chi connectivity index (χ1) is 18.8. The van der Waals surface area contributed by atoms with Gasteiger partial charge >= 0.3 is 0 Å². The number of hydrogen-bond acceptors (Lipinski definition) is 7. The fraction of sp³-hybridized carbons (Fsp3) is 0.345. The van der Waals surface area contributed by atoms with Crippen molar-refractivity contribution >= 4 is 28.7 Å². The average molecular weight is 552 g/mol. The zero-order valence-electron chi connectivity index (χ0n) is 22.3. The molecule has 4 N–H and O–H groups in total. The Morgan fingerprint density at radius 3 is 2.23 bits per heavy atom. The zero-order valence-corrected chi connectivity index (χ0v) is 23.1. The van der Waals surface area contributed by atoms with Crippen LogP contribution in [0.25, 0.3) is 33.5 Å². The molecule has 206 valence electrons. The van der Waals surface area contributed by atoms with Crippen molar-refractivity contribution < 1.29 is 19.4 Å². The second-order valence-corrected chi connectivity index (χ2v) is 9.51. The van der Waals surface area contributed by atoms with Gasteiger partial charge in [0.1, 0.15) is 6.10 Å². The maximum Gasteiger partial charge on any atom is 0.296 e. The normalized spacial score (nSPS) is 18.7. The van der Waals surface area contributed by atoms with Crippen LogP contribution in [0, 0.1) is 0 Å². The predicted octanol–water partition coefficient (Wildman–Crippen LogP) is 4.29. The van der Waals surface area contributed by atoms with Gasteiger partial charge in [-0.25, -0.2) is 4.98 Å². The first kappa shape index (κ1) is 28.5. The number of aliphatic hydroxyl groups excluding tert-OH is 1. The van der Waals surface area contributed by atoms with Gasteiger partial charge in [-0.3, -0.25) is 4.79 Å². The zero-order chi connectivity index (χ0) is 27.9. The number of hydrogen-bond donors (Lipinski definition) is 3. The van der Waals surface area contributed by atoms with Crippen molar-refractivity contribution in [1.29, 1.82) is 0 Å². The monoisotopic (exact) mass is 551 g/mol. The Kier molecular flexibility index (Phi) is 9.53. The van der Waals surface area contributed by atoms with Crippen molar-refractivity contribution in [3.8, 4) is 28.4 Å². The highest BCUT2D eigenvalue weighted by atomic mass is 35.5. The van der Waals surface area contributed by atoms with E-state index in [0.29, 0.717) is 21.9 Å². The van der Waals surface area contributed by atoms with Crippen LogP contribution in [0.2, 0.25) is 5.02 Å². The van der Waals surface area contributed by atoms with Gasteiger partial charge in [0, 0.05) is 5.56 Å². The number of imidazole rings is 1. The molecule has 0 bridgehead atoms. The molecule has 0 radical (unpaired) electrons. The molecular weight excluding hydrogens is 518 g/mol. The lowest BCUT2D eigenvalue weighted by molar-refractivity contribution is -0.130. The van der Waals surface area contributed by atoms with Crippen molar-refractivity contribution in [2.24, 2.45) is 5.73 Å². The number of amides is 1. The van der Waals surface area contributed by atoms with E-state index in [2.05, 4.69) is 52.8 Å². The van der Waals surface area contributed by atoms with Crippen LogP contribution in [0.15, 0.2) is 60.7 Å². The molecular formula is C29H34ClN5O4. The summed E-state index contributed by atoms with van der Waals surface area (Å²) in [6.45, 7) is 10.1. The Balaban J connectivity index is 0.000000448. The highest BCUT2D eigenvalue weighted by Crippen LogP contribution is 2.31. The summed E-state index contributed by atoms with van der Waals surface area (Å²) in [5, 5.41) is 10.6.